The molecule has 0 spiro atoms. The molecule has 0 aromatic heterocycles. The summed E-state index contributed by atoms with van der Waals surface area (Å²) in [5, 5.41) is 9.76. The fourth-order valence-electron chi connectivity index (χ4n) is 3.77. The molecule has 1 heterocycles. The quantitative estimate of drug-likeness (QED) is 0.340. The Labute approximate surface area is 211 Å². The summed E-state index contributed by atoms with van der Waals surface area (Å²) in [4.78, 5) is 24.9. The van der Waals surface area contributed by atoms with Gasteiger partial charge in [0, 0.05) is 6.54 Å². The highest BCUT2D eigenvalue weighted by molar-refractivity contribution is 6.09. The average molecular weight is 616 g/mol. The molecule has 1 aromatic carbocycles. The van der Waals surface area contributed by atoms with E-state index >= 15 is 0 Å². The van der Waals surface area contributed by atoms with E-state index in [2.05, 4.69) is 4.74 Å². The topological polar surface area (TPSA) is 78.9 Å². The average Bonchev–Trinajstić information content (AvgIpc) is 3.04. The Morgan fingerprint density at radius 1 is 0.750 bits per heavy atom. The molecule has 226 valence electrons. The second-order valence-electron chi connectivity index (χ2n) is 7.66. The number of carbonyl (C=O) groups excluding carboxylic acids is 2. The molecule has 0 radical (unpaired) electrons. The first-order chi connectivity index (χ1) is 17.8. The molecule has 0 aliphatic carbocycles. The van der Waals surface area contributed by atoms with Crippen LogP contribution in [0.1, 0.15) is 27.8 Å². The summed E-state index contributed by atoms with van der Waals surface area (Å²) in [6.07, 6.45) is -34.9. The normalized spacial score (nSPS) is 15.7. The molecule has 2 N–H and O–H groups in total. The summed E-state index contributed by atoms with van der Waals surface area (Å²) in [5.41, 5.74) is -26.8. The van der Waals surface area contributed by atoms with Crippen LogP contribution < -0.4 is 5.32 Å². The first-order valence-corrected chi connectivity index (χ1v) is 9.88. The minimum Gasteiger partial charge on any atom is -0.466 e. The highest BCUT2D eigenvalue weighted by Crippen LogP contribution is 2.58. The van der Waals surface area contributed by atoms with Gasteiger partial charge in [0.2, 0.25) is 0 Å². The fraction of sp³-hybridized carbons (Fsp3) is 0.474. The lowest BCUT2D eigenvalue weighted by atomic mass is 9.87. The predicted molar refractivity (Wildman–Crippen MR) is 97.8 cm³/mol. The number of anilines is 1. The van der Waals surface area contributed by atoms with E-state index in [1.807, 2.05) is 0 Å². The summed E-state index contributed by atoms with van der Waals surface area (Å²) in [6, 6.07) is 0. The largest absolute Gasteiger partial charge is 0.466 e. The smallest absolute Gasteiger partial charge is 0.419 e. The summed E-state index contributed by atoms with van der Waals surface area (Å²) in [6.45, 7) is -2.86. The number of hydrogen-bond donors (Lipinski definition) is 2. The van der Waals surface area contributed by atoms with Crippen LogP contribution in [0.2, 0.25) is 0 Å². The Morgan fingerprint density at radius 3 is 1.40 bits per heavy atom. The Balaban J connectivity index is 3.34. The third kappa shape index (κ3) is 6.17. The highest BCUT2D eigenvalue weighted by Gasteiger charge is 2.61. The molecule has 2 rings (SSSR count). The zero-order valence-corrected chi connectivity index (χ0v) is 18.9. The van der Waals surface area contributed by atoms with E-state index in [9.17, 15) is 75.4 Å². The third-order valence-electron chi connectivity index (χ3n) is 5.12. The van der Waals surface area contributed by atoms with Gasteiger partial charge in [0.1, 0.15) is 5.70 Å². The molecule has 0 saturated carbocycles. The maximum absolute atomic E-state index is 13.9. The van der Waals surface area contributed by atoms with Crippen molar-refractivity contribution in [2.24, 2.45) is 0 Å². The standard InChI is InChI=1S/C19H11F15N2O4/c1-40-14(39)5-4-36(2-3-37)13(38)11(5)35-12-9(18(29,30)31)7(16(23,24)25)6(15(20,21)22)8(17(26,27)28)10(12)19(32,33)34/h35,37H,2-4H2,1H3. The number of carbonyl (C=O) groups is 2. The molecule has 0 fully saturated rings. The van der Waals surface area contributed by atoms with Gasteiger partial charge in [-0.1, -0.05) is 0 Å². The number of nitrogens with one attached hydrogen (secondary N) is 1. The lowest BCUT2D eigenvalue weighted by molar-refractivity contribution is -0.188. The van der Waals surface area contributed by atoms with Crippen LogP contribution in [0.25, 0.3) is 0 Å². The van der Waals surface area contributed by atoms with Crippen molar-refractivity contribution in [2.45, 2.75) is 30.9 Å². The van der Waals surface area contributed by atoms with E-state index in [0.717, 1.165) is 5.32 Å². The van der Waals surface area contributed by atoms with Gasteiger partial charge < -0.3 is 20.1 Å². The number of hydrogen-bond acceptors (Lipinski definition) is 5. The monoisotopic (exact) mass is 616 g/mol. The molecule has 40 heavy (non-hydrogen) atoms. The van der Waals surface area contributed by atoms with E-state index in [0.29, 0.717) is 12.0 Å². The van der Waals surface area contributed by atoms with Crippen LogP contribution in [0.4, 0.5) is 71.5 Å². The highest BCUT2D eigenvalue weighted by atomic mass is 19.4. The van der Waals surface area contributed by atoms with Gasteiger partial charge in [-0.05, 0) is 0 Å². The third-order valence-corrected chi connectivity index (χ3v) is 5.12. The molecule has 21 heteroatoms. The van der Waals surface area contributed by atoms with E-state index in [-0.39, 0.29) is 0 Å². The maximum Gasteiger partial charge on any atom is 0.419 e. The number of ether oxygens (including phenoxy) is 1. The van der Waals surface area contributed by atoms with Crippen LogP contribution in [0.5, 0.6) is 0 Å². The van der Waals surface area contributed by atoms with Crippen molar-refractivity contribution in [2.75, 3.05) is 32.1 Å². The van der Waals surface area contributed by atoms with E-state index in [1.54, 1.807) is 0 Å². The number of rotatable bonds is 5. The molecule has 0 atom stereocenters. The summed E-state index contributed by atoms with van der Waals surface area (Å²) < 4.78 is 210. The van der Waals surface area contributed by atoms with Gasteiger partial charge in [0.15, 0.2) is 0 Å². The Kier molecular flexibility index (Phi) is 8.38. The van der Waals surface area contributed by atoms with Gasteiger partial charge in [-0.25, -0.2) is 4.79 Å². The van der Waals surface area contributed by atoms with Gasteiger partial charge in [-0.15, -0.1) is 0 Å². The summed E-state index contributed by atoms with van der Waals surface area (Å²) in [5.74, 6) is -3.55. The fourth-order valence-corrected chi connectivity index (χ4v) is 3.77. The van der Waals surface area contributed by atoms with Crippen molar-refractivity contribution >= 4 is 17.6 Å². The zero-order chi connectivity index (χ0) is 31.4. The molecule has 1 aliphatic heterocycles. The van der Waals surface area contributed by atoms with E-state index in [1.165, 1.54) is 0 Å². The number of aliphatic hydroxyl groups excluding tert-OH is 1. The van der Waals surface area contributed by atoms with Crippen molar-refractivity contribution in [3.8, 4) is 0 Å². The van der Waals surface area contributed by atoms with Crippen LogP contribution in [0.15, 0.2) is 11.3 Å². The lowest BCUT2D eigenvalue weighted by Gasteiger charge is -2.31. The van der Waals surface area contributed by atoms with E-state index < -0.39 is 107 Å². The predicted octanol–water partition coefficient (Wildman–Crippen LogP) is 5.45. The zero-order valence-electron chi connectivity index (χ0n) is 18.9. The Morgan fingerprint density at radius 2 is 1.10 bits per heavy atom. The van der Waals surface area contributed by atoms with Crippen molar-refractivity contribution in [1.29, 1.82) is 0 Å². The Hall–Kier alpha value is -3.39. The first-order valence-electron chi connectivity index (χ1n) is 9.88. The molecule has 0 saturated heterocycles. The number of alkyl halides is 15. The van der Waals surface area contributed by atoms with Crippen LogP contribution in [-0.2, 0) is 45.2 Å². The van der Waals surface area contributed by atoms with Gasteiger partial charge in [0.25, 0.3) is 5.91 Å². The van der Waals surface area contributed by atoms with E-state index in [4.69, 9.17) is 5.11 Å². The number of methoxy groups -OCH3 is 1. The van der Waals surface area contributed by atoms with Crippen LogP contribution in [0, 0.1) is 0 Å². The number of benzene rings is 1. The maximum atomic E-state index is 13.9. The van der Waals surface area contributed by atoms with Crippen LogP contribution >= 0.6 is 0 Å². The van der Waals surface area contributed by atoms with Crippen molar-refractivity contribution in [1.82, 2.24) is 4.90 Å². The molecular weight excluding hydrogens is 605 g/mol. The van der Waals surface area contributed by atoms with Gasteiger partial charge in [-0.3, -0.25) is 4.79 Å². The molecule has 6 nitrogen and oxygen atoms in total. The van der Waals surface area contributed by atoms with Crippen molar-refractivity contribution in [3.05, 3.63) is 39.1 Å². The number of nitrogens with zero attached hydrogens (tertiary/aromatic N) is 1. The lowest BCUT2D eigenvalue weighted by Crippen LogP contribution is -2.34. The molecule has 1 amide bonds. The minimum absolute atomic E-state index is 0.314. The van der Waals surface area contributed by atoms with Crippen LogP contribution in [-0.4, -0.2) is 48.7 Å². The summed E-state index contributed by atoms with van der Waals surface area (Å²) in [7, 11) is 0.552. The molecule has 1 aromatic rings. The SMILES string of the molecule is COC(=O)C1=C(Nc2c(C(F)(F)F)c(C(F)(F)F)c(C(F)(F)F)c(C(F)(F)F)c2C(F)(F)F)C(=O)N(CCO)C1. The van der Waals surface area contributed by atoms with Gasteiger partial charge in [-0.2, -0.15) is 65.9 Å². The number of esters is 1. The van der Waals surface area contributed by atoms with Crippen molar-refractivity contribution in [3.63, 3.8) is 0 Å². The van der Waals surface area contributed by atoms with Crippen molar-refractivity contribution < 1.29 is 85.3 Å². The van der Waals surface area contributed by atoms with Crippen LogP contribution in [0.3, 0.4) is 0 Å². The number of halogens is 15. The first kappa shape index (κ1) is 32.8. The summed E-state index contributed by atoms with van der Waals surface area (Å²) >= 11 is 0. The number of β-amino-alcohol motifs (C(OH)–C–C–N with tert-alkyl or cyclic N) is 1. The van der Waals surface area contributed by atoms with Gasteiger partial charge >= 0.3 is 36.9 Å². The number of aliphatic hydroxyl groups is 1. The number of amides is 1. The second-order valence-corrected chi connectivity index (χ2v) is 7.66. The minimum atomic E-state index is -7.09. The molecule has 0 bridgehead atoms. The Bertz CT molecular complexity index is 1170. The second kappa shape index (κ2) is 10.2. The molecule has 0 unspecified atom stereocenters. The molecule has 1 aliphatic rings. The molecular formula is C19H11F15N2O4. The van der Waals surface area contributed by atoms with Gasteiger partial charge in [0.05, 0.1) is 59.3 Å².